The second-order valence-corrected chi connectivity index (χ2v) is 6.29. The summed E-state index contributed by atoms with van der Waals surface area (Å²) in [4.78, 5) is 2.73. The highest BCUT2D eigenvalue weighted by Gasteiger charge is 2.45. The normalized spacial score (nSPS) is 46.1. The summed E-state index contributed by atoms with van der Waals surface area (Å²) in [5, 5.41) is 0. The molecule has 0 aromatic heterocycles. The van der Waals surface area contributed by atoms with Gasteiger partial charge in [-0.15, -0.1) is 0 Å². The van der Waals surface area contributed by atoms with Crippen molar-refractivity contribution in [3.05, 3.63) is 0 Å². The molecule has 2 nitrogen and oxygen atoms in total. The summed E-state index contributed by atoms with van der Waals surface area (Å²) in [6.45, 7) is 10.6. The standard InChI is InChI=1S/C14H28N2/c1-11-6-8-16(9-12(11)2)14(10-15)7-4-5-13(14)3/h11-13H,4-10,15H2,1-3H3. The minimum absolute atomic E-state index is 0.342. The Hall–Kier alpha value is -0.0800. The molecule has 1 saturated carbocycles. The molecule has 2 aliphatic rings. The molecule has 94 valence electrons. The highest BCUT2D eigenvalue weighted by atomic mass is 15.2. The Morgan fingerprint density at radius 2 is 1.94 bits per heavy atom. The van der Waals surface area contributed by atoms with Crippen molar-refractivity contribution in [1.29, 1.82) is 0 Å². The smallest absolute Gasteiger partial charge is 0.0357 e. The van der Waals surface area contributed by atoms with E-state index in [0.717, 1.165) is 24.3 Å². The summed E-state index contributed by atoms with van der Waals surface area (Å²) < 4.78 is 0. The zero-order chi connectivity index (χ0) is 11.8. The Labute approximate surface area is 101 Å². The molecule has 1 heterocycles. The Kier molecular flexibility index (Phi) is 3.60. The van der Waals surface area contributed by atoms with Crippen LogP contribution in [-0.4, -0.2) is 30.1 Å². The summed E-state index contributed by atoms with van der Waals surface area (Å²) in [7, 11) is 0. The molecule has 1 aliphatic carbocycles. The first-order chi connectivity index (χ1) is 7.60. The zero-order valence-corrected chi connectivity index (χ0v) is 11.2. The quantitative estimate of drug-likeness (QED) is 0.781. The van der Waals surface area contributed by atoms with Gasteiger partial charge in [-0.05, 0) is 43.6 Å². The molecule has 1 aliphatic heterocycles. The summed E-state index contributed by atoms with van der Waals surface area (Å²) in [6.07, 6.45) is 5.43. The monoisotopic (exact) mass is 224 g/mol. The lowest BCUT2D eigenvalue weighted by atomic mass is 9.81. The number of piperidine rings is 1. The van der Waals surface area contributed by atoms with Gasteiger partial charge in [0.1, 0.15) is 0 Å². The second-order valence-electron chi connectivity index (χ2n) is 6.29. The summed E-state index contributed by atoms with van der Waals surface area (Å²) in [5.41, 5.74) is 6.47. The van der Waals surface area contributed by atoms with Crippen LogP contribution in [0.2, 0.25) is 0 Å². The lowest BCUT2D eigenvalue weighted by Gasteiger charge is -2.49. The molecule has 1 saturated heterocycles. The first-order valence-electron chi connectivity index (χ1n) is 7.05. The third-order valence-corrected chi connectivity index (χ3v) is 5.48. The lowest BCUT2D eigenvalue weighted by molar-refractivity contribution is 0.0107. The van der Waals surface area contributed by atoms with E-state index in [-0.39, 0.29) is 0 Å². The molecule has 0 amide bonds. The van der Waals surface area contributed by atoms with Crippen LogP contribution in [0.25, 0.3) is 0 Å². The van der Waals surface area contributed by atoms with E-state index in [4.69, 9.17) is 5.73 Å². The predicted octanol–water partition coefficient (Wildman–Crippen LogP) is 2.48. The fourth-order valence-corrected chi connectivity index (χ4v) is 3.80. The van der Waals surface area contributed by atoms with Crippen molar-refractivity contribution in [2.24, 2.45) is 23.5 Å². The van der Waals surface area contributed by atoms with Crippen LogP contribution in [0.5, 0.6) is 0 Å². The molecular formula is C14H28N2. The molecule has 0 spiro atoms. The van der Waals surface area contributed by atoms with Gasteiger partial charge in [-0.2, -0.15) is 0 Å². The lowest BCUT2D eigenvalue weighted by Crippen LogP contribution is -2.59. The second kappa shape index (κ2) is 4.66. The van der Waals surface area contributed by atoms with Gasteiger partial charge >= 0.3 is 0 Å². The molecule has 2 N–H and O–H groups in total. The predicted molar refractivity (Wildman–Crippen MR) is 69.3 cm³/mol. The highest BCUT2D eigenvalue weighted by molar-refractivity contribution is 5.01. The number of likely N-dealkylation sites (tertiary alicyclic amines) is 1. The first-order valence-corrected chi connectivity index (χ1v) is 7.05. The first kappa shape index (κ1) is 12.4. The van der Waals surface area contributed by atoms with Gasteiger partial charge in [-0.25, -0.2) is 0 Å². The molecule has 0 radical (unpaired) electrons. The maximum Gasteiger partial charge on any atom is 0.0357 e. The molecular weight excluding hydrogens is 196 g/mol. The average molecular weight is 224 g/mol. The van der Waals surface area contributed by atoms with Crippen molar-refractivity contribution in [2.75, 3.05) is 19.6 Å². The van der Waals surface area contributed by atoms with E-state index in [1.807, 2.05) is 0 Å². The van der Waals surface area contributed by atoms with Crippen molar-refractivity contribution in [2.45, 2.75) is 52.0 Å². The average Bonchev–Trinajstić information content (AvgIpc) is 2.65. The van der Waals surface area contributed by atoms with E-state index in [9.17, 15) is 0 Å². The number of hydrogen-bond acceptors (Lipinski definition) is 2. The molecule has 0 aromatic carbocycles. The van der Waals surface area contributed by atoms with E-state index in [2.05, 4.69) is 25.7 Å². The summed E-state index contributed by atoms with van der Waals surface area (Å²) >= 11 is 0. The number of nitrogens with two attached hydrogens (primary N) is 1. The molecule has 4 atom stereocenters. The van der Waals surface area contributed by atoms with Crippen LogP contribution >= 0.6 is 0 Å². The van der Waals surface area contributed by atoms with Gasteiger partial charge < -0.3 is 5.73 Å². The zero-order valence-electron chi connectivity index (χ0n) is 11.2. The minimum atomic E-state index is 0.342. The van der Waals surface area contributed by atoms with Crippen LogP contribution in [0.15, 0.2) is 0 Å². The maximum absolute atomic E-state index is 6.13. The van der Waals surface area contributed by atoms with E-state index in [0.29, 0.717) is 5.54 Å². The number of rotatable bonds is 2. The van der Waals surface area contributed by atoms with E-state index in [1.54, 1.807) is 0 Å². The van der Waals surface area contributed by atoms with Crippen LogP contribution in [0.1, 0.15) is 46.5 Å². The van der Waals surface area contributed by atoms with Crippen LogP contribution < -0.4 is 5.73 Å². The Bertz CT molecular complexity index is 241. The highest BCUT2D eigenvalue weighted by Crippen LogP contribution is 2.42. The fraction of sp³-hybridized carbons (Fsp3) is 1.00. The van der Waals surface area contributed by atoms with Gasteiger partial charge in [0.2, 0.25) is 0 Å². The summed E-state index contributed by atoms with van der Waals surface area (Å²) in [5.74, 6) is 2.52. The van der Waals surface area contributed by atoms with Gasteiger partial charge in [0, 0.05) is 18.6 Å². The molecule has 2 heteroatoms. The van der Waals surface area contributed by atoms with Gasteiger partial charge in [-0.1, -0.05) is 27.2 Å². The van der Waals surface area contributed by atoms with Crippen molar-refractivity contribution in [1.82, 2.24) is 4.90 Å². The Morgan fingerprint density at radius 3 is 2.44 bits per heavy atom. The SMILES string of the molecule is CC1CCN(C2(CN)CCCC2C)CC1C. The van der Waals surface area contributed by atoms with E-state index < -0.39 is 0 Å². The molecule has 2 rings (SSSR count). The maximum atomic E-state index is 6.13. The van der Waals surface area contributed by atoms with E-state index >= 15 is 0 Å². The molecule has 2 fully saturated rings. The fourth-order valence-electron chi connectivity index (χ4n) is 3.80. The van der Waals surface area contributed by atoms with Gasteiger partial charge in [0.25, 0.3) is 0 Å². The van der Waals surface area contributed by atoms with Crippen LogP contribution in [0, 0.1) is 17.8 Å². The van der Waals surface area contributed by atoms with Crippen LogP contribution in [0.3, 0.4) is 0 Å². The molecule has 0 bridgehead atoms. The van der Waals surface area contributed by atoms with Crippen LogP contribution in [0.4, 0.5) is 0 Å². The van der Waals surface area contributed by atoms with Crippen molar-refractivity contribution in [3.63, 3.8) is 0 Å². The van der Waals surface area contributed by atoms with E-state index in [1.165, 1.54) is 38.8 Å². The largest absolute Gasteiger partial charge is 0.329 e. The molecule has 0 aromatic rings. The Balaban J connectivity index is 2.10. The molecule has 16 heavy (non-hydrogen) atoms. The topological polar surface area (TPSA) is 29.3 Å². The summed E-state index contributed by atoms with van der Waals surface area (Å²) in [6, 6.07) is 0. The van der Waals surface area contributed by atoms with Gasteiger partial charge in [-0.3, -0.25) is 4.90 Å². The van der Waals surface area contributed by atoms with Crippen LogP contribution in [-0.2, 0) is 0 Å². The Morgan fingerprint density at radius 1 is 1.19 bits per heavy atom. The van der Waals surface area contributed by atoms with Crippen molar-refractivity contribution >= 4 is 0 Å². The third kappa shape index (κ3) is 1.91. The van der Waals surface area contributed by atoms with Gasteiger partial charge in [0.05, 0.1) is 0 Å². The number of hydrogen-bond donors (Lipinski definition) is 1. The third-order valence-electron chi connectivity index (χ3n) is 5.48. The van der Waals surface area contributed by atoms with Crippen molar-refractivity contribution in [3.8, 4) is 0 Å². The number of nitrogens with zero attached hydrogens (tertiary/aromatic N) is 1. The molecule has 4 unspecified atom stereocenters. The van der Waals surface area contributed by atoms with Crippen molar-refractivity contribution < 1.29 is 0 Å². The van der Waals surface area contributed by atoms with Gasteiger partial charge in [0.15, 0.2) is 0 Å². The minimum Gasteiger partial charge on any atom is -0.329 e.